The van der Waals surface area contributed by atoms with Crippen molar-refractivity contribution in [1.82, 2.24) is 0 Å². The van der Waals surface area contributed by atoms with Gasteiger partial charge in [-0.05, 0) is 29.3 Å². The predicted molar refractivity (Wildman–Crippen MR) is 70.8 cm³/mol. The molecule has 0 amide bonds. The van der Waals surface area contributed by atoms with Crippen LogP contribution in [0.15, 0.2) is 36.4 Å². The van der Waals surface area contributed by atoms with Gasteiger partial charge >= 0.3 is 5.97 Å². The average molecular weight is 289 g/mol. The Hall–Kier alpha value is -3.09. The lowest BCUT2D eigenvalue weighted by molar-refractivity contribution is -0.385. The lowest BCUT2D eigenvalue weighted by Crippen LogP contribution is -2.00. The zero-order valence-corrected chi connectivity index (χ0v) is 10.4. The summed E-state index contributed by atoms with van der Waals surface area (Å²) in [6.45, 7) is 0. The fourth-order valence-corrected chi connectivity index (χ4v) is 1.85. The van der Waals surface area contributed by atoms with Crippen LogP contribution in [0, 0.1) is 15.9 Å². The summed E-state index contributed by atoms with van der Waals surface area (Å²) in [5, 5.41) is 19.6. The molecule has 2 rings (SSSR count). The van der Waals surface area contributed by atoms with Gasteiger partial charge in [-0.3, -0.25) is 14.9 Å². The first-order valence-corrected chi connectivity index (χ1v) is 5.71. The SMILES string of the molecule is O=Cc1ccc(-c2ccc(C(=O)O)c(F)c2)cc1[N+](=O)[O-]. The van der Waals surface area contributed by atoms with Gasteiger partial charge in [0, 0.05) is 6.07 Å². The Morgan fingerprint density at radius 1 is 1.19 bits per heavy atom. The van der Waals surface area contributed by atoms with Gasteiger partial charge in [-0.25, -0.2) is 9.18 Å². The molecule has 6 nitrogen and oxygen atoms in total. The Labute approximate surface area is 117 Å². The van der Waals surface area contributed by atoms with E-state index in [1.165, 1.54) is 18.2 Å². The van der Waals surface area contributed by atoms with E-state index in [1.54, 1.807) is 0 Å². The number of nitrogens with zero attached hydrogens (tertiary/aromatic N) is 1. The third kappa shape index (κ3) is 2.76. The molecule has 0 aliphatic heterocycles. The van der Waals surface area contributed by atoms with Crippen LogP contribution >= 0.6 is 0 Å². The maximum Gasteiger partial charge on any atom is 0.338 e. The number of nitro groups is 1. The number of carbonyl (C=O) groups excluding carboxylic acids is 1. The van der Waals surface area contributed by atoms with Crippen LogP contribution in [0.2, 0.25) is 0 Å². The van der Waals surface area contributed by atoms with Crippen molar-refractivity contribution >= 4 is 17.9 Å². The van der Waals surface area contributed by atoms with Crippen LogP contribution in [0.3, 0.4) is 0 Å². The fourth-order valence-electron chi connectivity index (χ4n) is 1.85. The molecule has 2 aromatic rings. The second-order valence-electron chi connectivity index (χ2n) is 4.15. The molecule has 0 bridgehead atoms. The first kappa shape index (κ1) is 14.3. The number of carbonyl (C=O) groups is 2. The van der Waals surface area contributed by atoms with Crippen LogP contribution in [0.25, 0.3) is 11.1 Å². The van der Waals surface area contributed by atoms with Crippen LogP contribution in [-0.4, -0.2) is 22.3 Å². The van der Waals surface area contributed by atoms with E-state index in [4.69, 9.17) is 5.11 Å². The number of rotatable bonds is 4. The number of carboxylic acid groups (broad SMARTS) is 1. The number of aromatic carboxylic acids is 1. The molecule has 0 saturated heterocycles. The van der Waals surface area contributed by atoms with Crippen molar-refractivity contribution in [2.24, 2.45) is 0 Å². The Bertz CT molecular complexity index is 757. The van der Waals surface area contributed by atoms with Crippen molar-refractivity contribution in [2.75, 3.05) is 0 Å². The highest BCUT2D eigenvalue weighted by Crippen LogP contribution is 2.27. The summed E-state index contributed by atoms with van der Waals surface area (Å²) in [7, 11) is 0. The molecule has 106 valence electrons. The Kier molecular flexibility index (Phi) is 3.75. The van der Waals surface area contributed by atoms with E-state index in [-0.39, 0.29) is 11.1 Å². The van der Waals surface area contributed by atoms with E-state index in [2.05, 4.69) is 0 Å². The van der Waals surface area contributed by atoms with Crippen molar-refractivity contribution < 1.29 is 24.0 Å². The molecule has 0 atom stereocenters. The zero-order chi connectivity index (χ0) is 15.6. The van der Waals surface area contributed by atoms with E-state index in [1.807, 2.05) is 0 Å². The first-order valence-electron chi connectivity index (χ1n) is 5.71. The lowest BCUT2D eigenvalue weighted by Gasteiger charge is -2.05. The molecule has 0 saturated carbocycles. The first-order chi connectivity index (χ1) is 9.93. The second kappa shape index (κ2) is 5.49. The van der Waals surface area contributed by atoms with E-state index in [9.17, 15) is 24.1 Å². The average Bonchev–Trinajstić information content (AvgIpc) is 2.45. The molecule has 1 N–H and O–H groups in total. The normalized spacial score (nSPS) is 10.1. The van der Waals surface area contributed by atoms with Gasteiger partial charge in [0.2, 0.25) is 0 Å². The lowest BCUT2D eigenvalue weighted by atomic mass is 10.0. The summed E-state index contributed by atoms with van der Waals surface area (Å²) in [6.07, 6.45) is 0.357. The molecule has 0 spiro atoms. The van der Waals surface area contributed by atoms with Crippen molar-refractivity contribution in [3.8, 4) is 11.1 Å². The van der Waals surface area contributed by atoms with E-state index >= 15 is 0 Å². The molecular formula is C14H8FNO5. The van der Waals surface area contributed by atoms with E-state index in [0.29, 0.717) is 11.8 Å². The molecular weight excluding hydrogens is 281 g/mol. The summed E-state index contributed by atoms with van der Waals surface area (Å²) >= 11 is 0. The smallest absolute Gasteiger partial charge is 0.338 e. The van der Waals surface area contributed by atoms with Crippen LogP contribution in [0.5, 0.6) is 0 Å². The van der Waals surface area contributed by atoms with Gasteiger partial charge in [-0.2, -0.15) is 0 Å². The number of halogens is 1. The summed E-state index contributed by atoms with van der Waals surface area (Å²) in [6, 6.07) is 7.20. The minimum Gasteiger partial charge on any atom is -0.478 e. The highest BCUT2D eigenvalue weighted by molar-refractivity contribution is 5.89. The Morgan fingerprint density at radius 3 is 2.33 bits per heavy atom. The molecule has 0 heterocycles. The molecule has 0 aliphatic carbocycles. The number of hydrogen-bond donors (Lipinski definition) is 1. The quantitative estimate of drug-likeness (QED) is 0.530. The summed E-state index contributed by atoms with van der Waals surface area (Å²) in [5.74, 6) is -2.34. The number of carboxylic acids is 1. The van der Waals surface area contributed by atoms with Gasteiger partial charge in [0.1, 0.15) is 5.82 Å². The fraction of sp³-hybridized carbons (Fsp3) is 0. The van der Waals surface area contributed by atoms with Gasteiger partial charge in [-0.15, -0.1) is 0 Å². The van der Waals surface area contributed by atoms with Gasteiger partial charge in [-0.1, -0.05) is 12.1 Å². The van der Waals surface area contributed by atoms with Crippen LogP contribution in [0.4, 0.5) is 10.1 Å². The second-order valence-corrected chi connectivity index (χ2v) is 4.15. The number of nitro benzene ring substituents is 1. The molecule has 0 aliphatic rings. The van der Waals surface area contributed by atoms with Gasteiger partial charge in [0.15, 0.2) is 6.29 Å². The molecule has 0 unspecified atom stereocenters. The third-order valence-corrected chi connectivity index (χ3v) is 2.89. The number of aldehydes is 1. The molecule has 21 heavy (non-hydrogen) atoms. The third-order valence-electron chi connectivity index (χ3n) is 2.89. The molecule has 0 fully saturated rings. The summed E-state index contributed by atoms with van der Waals surface area (Å²) in [5.41, 5.74) is -0.393. The van der Waals surface area contributed by atoms with E-state index in [0.717, 1.165) is 18.2 Å². The van der Waals surface area contributed by atoms with Gasteiger partial charge < -0.3 is 5.11 Å². The number of hydrogen-bond acceptors (Lipinski definition) is 4. The highest BCUT2D eigenvalue weighted by atomic mass is 19.1. The molecule has 0 aromatic heterocycles. The summed E-state index contributed by atoms with van der Waals surface area (Å²) in [4.78, 5) is 31.6. The molecule has 0 radical (unpaired) electrons. The minimum atomic E-state index is -1.40. The van der Waals surface area contributed by atoms with Gasteiger partial charge in [0.05, 0.1) is 16.1 Å². The maximum atomic E-state index is 13.6. The van der Waals surface area contributed by atoms with E-state index < -0.39 is 28.0 Å². The van der Waals surface area contributed by atoms with Crippen LogP contribution in [-0.2, 0) is 0 Å². The Morgan fingerprint density at radius 2 is 1.81 bits per heavy atom. The predicted octanol–water partition coefficient (Wildman–Crippen LogP) is 2.91. The largest absolute Gasteiger partial charge is 0.478 e. The Balaban J connectivity index is 2.54. The number of benzene rings is 2. The van der Waals surface area contributed by atoms with Crippen molar-refractivity contribution in [3.63, 3.8) is 0 Å². The topological polar surface area (TPSA) is 97.5 Å². The highest BCUT2D eigenvalue weighted by Gasteiger charge is 2.16. The van der Waals surface area contributed by atoms with Crippen molar-refractivity contribution in [2.45, 2.75) is 0 Å². The monoisotopic (exact) mass is 289 g/mol. The summed E-state index contributed by atoms with van der Waals surface area (Å²) < 4.78 is 13.6. The zero-order valence-electron chi connectivity index (χ0n) is 10.4. The molecule has 2 aromatic carbocycles. The standard InChI is InChI=1S/C14H8FNO5/c15-12-5-8(3-4-11(12)14(18)19)9-1-2-10(7-17)13(6-9)16(20)21/h1-7H,(H,18,19). The van der Waals surface area contributed by atoms with Crippen LogP contribution in [0.1, 0.15) is 20.7 Å². The van der Waals surface area contributed by atoms with Crippen LogP contribution < -0.4 is 0 Å². The van der Waals surface area contributed by atoms with Gasteiger partial charge in [0.25, 0.3) is 5.69 Å². The van der Waals surface area contributed by atoms with Crippen molar-refractivity contribution in [3.05, 3.63) is 63.5 Å². The molecule has 7 heteroatoms. The van der Waals surface area contributed by atoms with Crippen molar-refractivity contribution in [1.29, 1.82) is 0 Å². The maximum absolute atomic E-state index is 13.6. The minimum absolute atomic E-state index is 0.0913.